The van der Waals surface area contributed by atoms with E-state index in [0.29, 0.717) is 6.42 Å². The van der Waals surface area contributed by atoms with E-state index in [1.807, 2.05) is 0 Å². The molecule has 0 saturated carbocycles. The molecule has 2 aliphatic heterocycles. The van der Waals surface area contributed by atoms with Crippen LogP contribution in [0.4, 0.5) is 5.69 Å². The maximum Gasteiger partial charge on any atom is 0.122 e. The molecule has 3 nitrogen and oxygen atoms in total. The second-order valence-corrected chi connectivity index (χ2v) is 7.40. The third kappa shape index (κ3) is 2.83. The van der Waals surface area contributed by atoms with Crippen molar-refractivity contribution in [2.75, 3.05) is 18.5 Å². The van der Waals surface area contributed by atoms with Crippen LogP contribution in [-0.4, -0.2) is 23.9 Å². The number of para-hydroxylation sites is 1. The molecule has 130 valence electrons. The number of hydrogen-bond acceptors (Lipinski definition) is 3. The Balaban J connectivity index is 1.94. The first-order valence-electron chi connectivity index (χ1n) is 9.08. The molecule has 0 saturated heterocycles. The summed E-state index contributed by atoms with van der Waals surface area (Å²) >= 11 is 0. The fourth-order valence-electron chi connectivity index (χ4n) is 4.09. The fourth-order valence-corrected chi connectivity index (χ4v) is 4.09. The van der Waals surface area contributed by atoms with Crippen LogP contribution in [0, 0.1) is 0 Å². The molecule has 25 heavy (non-hydrogen) atoms. The molecule has 0 aromatic heterocycles. The van der Waals surface area contributed by atoms with Crippen LogP contribution < -0.4 is 10.1 Å². The Hall–Kier alpha value is -2.26. The minimum atomic E-state index is -0.196. The van der Waals surface area contributed by atoms with E-state index in [4.69, 9.17) is 4.74 Å². The molecular weight excluding hydrogens is 310 g/mol. The van der Waals surface area contributed by atoms with Gasteiger partial charge in [0, 0.05) is 17.9 Å². The van der Waals surface area contributed by atoms with Crippen molar-refractivity contribution in [3.8, 4) is 5.75 Å². The predicted molar refractivity (Wildman–Crippen MR) is 102 cm³/mol. The molecule has 0 unspecified atom stereocenters. The highest BCUT2D eigenvalue weighted by molar-refractivity contribution is 5.92. The Morgan fingerprint density at radius 1 is 1.16 bits per heavy atom. The van der Waals surface area contributed by atoms with Crippen molar-refractivity contribution in [2.45, 2.75) is 38.6 Å². The number of hydrogen-bond donors (Lipinski definition) is 2. The van der Waals surface area contributed by atoms with E-state index in [1.165, 1.54) is 27.8 Å². The second-order valence-electron chi connectivity index (χ2n) is 7.40. The number of benzene rings is 2. The summed E-state index contributed by atoms with van der Waals surface area (Å²) in [4.78, 5) is 0. The summed E-state index contributed by atoms with van der Waals surface area (Å²) in [5.41, 5.74) is 7.18. The highest BCUT2D eigenvalue weighted by atomic mass is 16.5. The predicted octanol–water partition coefficient (Wildman–Crippen LogP) is 4.40. The van der Waals surface area contributed by atoms with Crippen molar-refractivity contribution in [2.24, 2.45) is 0 Å². The quantitative estimate of drug-likeness (QED) is 0.873. The van der Waals surface area contributed by atoms with Crippen LogP contribution in [0.5, 0.6) is 5.75 Å². The van der Waals surface area contributed by atoms with Crippen LogP contribution in [0.2, 0.25) is 0 Å². The summed E-state index contributed by atoms with van der Waals surface area (Å²) in [6, 6.07) is 15.0. The van der Waals surface area contributed by atoms with Crippen molar-refractivity contribution in [1.82, 2.24) is 0 Å². The lowest BCUT2D eigenvalue weighted by Crippen LogP contribution is -2.37. The summed E-state index contributed by atoms with van der Waals surface area (Å²) in [5.74, 6) is 1.01. The zero-order valence-corrected chi connectivity index (χ0v) is 14.9. The minimum absolute atomic E-state index is 0.153. The summed E-state index contributed by atoms with van der Waals surface area (Å²) < 4.78 is 5.78. The fraction of sp³-hybridized carbons (Fsp3) is 0.364. The standard InChI is InChI=1S/C22H25NO2/c1-22(2)18(11-12-24)21(17-7-3-4-8-19(17)23-22)16-9-10-20-15(14-16)6-5-13-25-20/h3-4,7-10,14,23-24H,5-6,11-13H2,1-2H3. The third-order valence-electron chi connectivity index (χ3n) is 5.26. The normalized spacial score (nSPS) is 18.0. The van der Waals surface area contributed by atoms with E-state index in [1.54, 1.807) is 0 Å². The molecule has 0 bridgehead atoms. The molecule has 0 radical (unpaired) electrons. The average molecular weight is 335 g/mol. The molecule has 2 aromatic rings. The molecule has 0 amide bonds. The van der Waals surface area contributed by atoms with Crippen LogP contribution in [0.25, 0.3) is 5.57 Å². The summed E-state index contributed by atoms with van der Waals surface area (Å²) in [7, 11) is 0. The van der Waals surface area contributed by atoms with Crippen LogP contribution in [0.1, 0.15) is 43.4 Å². The van der Waals surface area contributed by atoms with Gasteiger partial charge in [0.2, 0.25) is 0 Å². The SMILES string of the molecule is CC1(C)Nc2ccccc2C(c2ccc3c(c2)CCCO3)=C1CCO. The highest BCUT2D eigenvalue weighted by Gasteiger charge is 2.32. The number of fused-ring (bicyclic) bond motifs is 2. The molecule has 4 rings (SSSR count). The largest absolute Gasteiger partial charge is 0.493 e. The lowest BCUT2D eigenvalue weighted by molar-refractivity contribution is 0.288. The van der Waals surface area contributed by atoms with E-state index < -0.39 is 0 Å². The van der Waals surface area contributed by atoms with Crippen LogP contribution in [-0.2, 0) is 6.42 Å². The molecule has 0 aliphatic carbocycles. The number of aliphatic hydroxyl groups is 1. The molecule has 0 spiro atoms. The molecule has 2 aliphatic rings. The minimum Gasteiger partial charge on any atom is -0.493 e. The van der Waals surface area contributed by atoms with Gasteiger partial charge in [-0.05, 0) is 73.6 Å². The molecule has 0 atom stereocenters. The Morgan fingerprint density at radius 3 is 2.84 bits per heavy atom. The van der Waals surface area contributed by atoms with Gasteiger partial charge in [0.15, 0.2) is 0 Å². The monoisotopic (exact) mass is 335 g/mol. The summed E-state index contributed by atoms with van der Waals surface area (Å²) in [6.07, 6.45) is 2.80. The maximum atomic E-state index is 9.67. The first-order chi connectivity index (χ1) is 12.1. The Kier molecular flexibility index (Phi) is 4.04. The van der Waals surface area contributed by atoms with Gasteiger partial charge in [0.25, 0.3) is 0 Å². The van der Waals surface area contributed by atoms with Gasteiger partial charge in [0.1, 0.15) is 5.75 Å². The lowest BCUT2D eigenvalue weighted by atomic mass is 9.78. The highest BCUT2D eigenvalue weighted by Crippen LogP contribution is 2.44. The van der Waals surface area contributed by atoms with Crippen molar-refractivity contribution in [3.05, 3.63) is 64.7 Å². The molecule has 2 heterocycles. The number of rotatable bonds is 3. The smallest absolute Gasteiger partial charge is 0.122 e. The zero-order valence-electron chi connectivity index (χ0n) is 14.9. The van der Waals surface area contributed by atoms with Gasteiger partial charge < -0.3 is 15.2 Å². The third-order valence-corrected chi connectivity index (χ3v) is 5.26. The van der Waals surface area contributed by atoms with E-state index >= 15 is 0 Å². The zero-order chi connectivity index (χ0) is 17.4. The van der Waals surface area contributed by atoms with Gasteiger partial charge in [-0.1, -0.05) is 24.3 Å². The van der Waals surface area contributed by atoms with E-state index in [9.17, 15) is 5.11 Å². The van der Waals surface area contributed by atoms with Gasteiger partial charge in [-0.2, -0.15) is 0 Å². The molecular formula is C22H25NO2. The van der Waals surface area contributed by atoms with Gasteiger partial charge in [-0.3, -0.25) is 0 Å². The van der Waals surface area contributed by atoms with Crippen molar-refractivity contribution < 1.29 is 9.84 Å². The molecule has 2 aromatic carbocycles. The number of aliphatic hydroxyl groups excluding tert-OH is 1. The Labute approximate surface area is 149 Å². The Bertz CT molecular complexity index is 836. The maximum absolute atomic E-state index is 9.67. The van der Waals surface area contributed by atoms with E-state index in [2.05, 4.69) is 61.6 Å². The number of nitrogens with one attached hydrogen (secondary N) is 1. The van der Waals surface area contributed by atoms with Crippen LogP contribution >= 0.6 is 0 Å². The van der Waals surface area contributed by atoms with Crippen LogP contribution in [0.3, 0.4) is 0 Å². The van der Waals surface area contributed by atoms with Gasteiger partial charge in [0.05, 0.1) is 12.1 Å². The number of ether oxygens (including phenoxy) is 1. The van der Waals surface area contributed by atoms with Crippen molar-refractivity contribution >= 4 is 11.3 Å². The summed E-state index contributed by atoms with van der Waals surface area (Å²) in [5, 5.41) is 13.3. The molecule has 3 heteroatoms. The first-order valence-corrected chi connectivity index (χ1v) is 9.08. The molecule has 0 fully saturated rings. The Morgan fingerprint density at radius 2 is 2.00 bits per heavy atom. The van der Waals surface area contributed by atoms with Crippen molar-refractivity contribution in [3.63, 3.8) is 0 Å². The van der Waals surface area contributed by atoms with E-state index in [0.717, 1.165) is 30.9 Å². The van der Waals surface area contributed by atoms with Gasteiger partial charge in [-0.15, -0.1) is 0 Å². The number of anilines is 1. The van der Waals surface area contributed by atoms with Crippen LogP contribution in [0.15, 0.2) is 48.0 Å². The van der Waals surface area contributed by atoms with Gasteiger partial charge >= 0.3 is 0 Å². The summed E-state index contributed by atoms with van der Waals surface area (Å²) in [6.45, 7) is 5.34. The topological polar surface area (TPSA) is 41.5 Å². The van der Waals surface area contributed by atoms with E-state index in [-0.39, 0.29) is 12.1 Å². The second kappa shape index (κ2) is 6.23. The number of aryl methyl sites for hydroxylation is 1. The molecule has 2 N–H and O–H groups in total. The average Bonchev–Trinajstić information content (AvgIpc) is 2.61. The first kappa shape index (κ1) is 16.2. The lowest BCUT2D eigenvalue weighted by Gasteiger charge is -2.39. The van der Waals surface area contributed by atoms with Crippen molar-refractivity contribution in [1.29, 1.82) is 0 Å². The van der Waals surface area contributed by atoms with Gasteiger partial charge in [-0.25, -0.2) is 0 Å².